The van der Waals surface area contributed by atoms with Gasteiger partial charge in [0.25, 0.3) is 5.91 Å². The number of likely N-dealkylation sites (tertiary alicyclic amines) is 1. The Hall–Kier alpha value is -2.85. The zero-order chi connectivity index (χ0) is 23.8. The lowest BCUT2D eigenvalue weighted by molar-refractivity contribution is -0.121. The second-order valence-electron chi connectivity index (χ2n) is 9.20. The summed E-state index contributed by atoms with van der Waals surface area (Å²) in [7, 11) is 0. The van der Waals surface area contributed by atoms with Crippen molar-refractivity contribution in [3.8, 4) is 0 Å². The molecule has 1 aliphatic heterocycles. The molecule has 2 N–H and O–H groups in total. The van der Waals surface area contributed by atoms with Crippen LogP contribution in [0.1, 0.15) is 67.1 Å². The molecule has 0 spiro atoms. The number of aromatic nitrogens is 2. The Morgan fingerprint density at radius 1 is 1.24 bits per heavy atom. The summed E-state index contributed by atoms with van der Waals surface area (Å²) in [5.74, 6) is 0.172. The molecule has 10 heteroatoms. The van der Waals surface area contributed by atoms with Crippen LogP contribution in [0.5, 0.6) is 0 Å². The molecule has 2 amide bonds. The Bertz CT molecular complexity index is 1220. The number of carbonyl (C=O) groups is 2. The monoisotopic (exact) mass is 485 g/mol. The number of hydrogen-bond acceptors (Lipinski definition) is 7. The van der Waals surface area contributed by atoms with E-state index < -0.39 is 0 Å². The summed E-state index contributed by atoms with van der Waals surface area (Å²) in [6.07, 6.45) is 4.95. The molecule has 2 atom stereocenters. The van der Waals surface area contributed by atoms with Gasteiger partial charge in [-0.15, -0.1) is 0 Å². The number of oxazole rings is 1. The highest BCUT2D eigenvalue weighted by Gasteiger charge is 2.32. The van der Waals surface area contributed by atoms with Crippen molar-refractivity contribution in [3.63, 3.8) is 0 Å². The maximum Gasteiger partial charge on any atom is 0.289 e. The number of benzene rings is 1. The average Bonchev–Trinajstić information content (AvgIpc) is 3.38. The molecule has 1 aromatic carbocycles. The number of thiazole rings is 1. The number of halogens is 1. The van der Waals surface area contributed by atoms with Crippen LogP contribution in [0.2, 0.25) is 0 Å². The molecule has 8 nitrogen and oxygen atoms in total. The molecule has 2 aromatic heterocycles. The van der Waals surface area contributed by atoms with Crippen molar-refractivity contribution in [2.45, 2.75) is 64.0 Å². The molecule has 1 saturated heterocycles. The third-order valence-corrected chi connectivity index (χ3v) is 7.70. The van der Waals surface area contributed by atoms with Crippen molar-refractivity contribution in [1.82, 2.24) is 20.2 Å². The van der Waals surface area contributed by atoms with Gasteiger partial charge in [-0.1, -0.05) is 11.3 Å². The number of anilines is 1. The van der Waals surface area contributed by atoms with Gasteiger partial charge < -0.3 is 15.1 Å². The molecule has 2 fully saturated rings. The number of hydrogen-bond donors (Lipinski definition) is 2. The quantitative estimate of drug-likeness (QED) is 0.542. The molecule has 180 valence electrons. The molecule has 1 saturated carbocycles. The van der Waals surface area contributed by atoms with Gasteiger partial charge in [-0.2, -0.15) is 0 Å². The van der Waals surface area contributed by atoms with E-state index in [9.17, 15) is 14.0 Å². The fraction of sp³-hybridized carbons (Fsp3) is 0.500. The van der Waals surface area contributed by atoms with E-state index in [1.807, 2.05) is 6.92 Å². The topological polar surface area (TPSA) is 100 Å². The summed E-state index contributed by atoms with van der Waals surface area (Å²) >= 11 is 1.25. The van der Waals surface area contributed by atoms with E-state index >= 15 is 0 Å². The first-order valence-electron chi connectivity index (χ1n) is 11.8. The Morgan fingerprint density at radius 2 is 2.06 bits per heavy atom. The molecule has 3 aromatic rings. The number of carbonyl (C=O) groups excluding carboxylic acids is 2. The summed E-state index contributed by atoms with van der Waals surface area (Å²) in [6, 6.07) is 4.23. The largest absolute Gasteiger partial charge is 0.435 e. The van der Waals surface area contributed by atoms with E-state index in [1.54, 1.807) is 13.0 Å². The number of amides is 2. The van der Waals surface area contributed by atoms with Gasteiger partial charge in [0.15, 0.2) is 11.0 Å². The SMILES string of the molecule is Cc1nc(C2CCCN(C(C)C(=O)Nc3nc4ccc(F)cc4s3)C2)oc1C(=O)NC1CCC1. The van der Waals surface area contributed by atoms with Crippen LogP contribution in [-0.2, 0) is 4.79 Å². The van der Waals surface area contributed by atoms with Crippen molar-refractivity contribution in [2.24, 2.45) is 0 Å². The lowest BCUT2D eigenvalue weighted by Crippen LogP contribution is -2.46. The zero-order valence-electron chi connectivity index (χ0n) is 19.3. The smallest absolute Gasteiger partial charge is 0.289 e. The summed E-state index contributed by atoms with van der Waals surface area (Å²) in [6.45, 7) is 5.06. The second kappa shape index (κ2) is 9.42. The molecule has 2 aliphatic rings. The van der Waals surface area contributed by atoms with E-state index in [0.29, 0.717) is 33.5 Å². The number of fused-ring (bicyclic) bond motifs is 1. The average molecular weight is 486 g/mol. The normalized spacial score (nSPS) is 20.1. The first kappa shape index (κ1) is 22.9. The van der Waals surface area contributed by atoms with Crippen LogP contribution in [0.15, 0.2) is 22.6 Å². The number of piperidine rings is 1. The Balaban J connectivity index is 1.23. The molecule has 0 radical (unpaired) electrons. The highest BCUT2D eigenvalue weighted by molar-refractivity contribution is 7.22. The van der Waals surface area contributed by atoms with Crippen LogP contribution in [-0.4, -0.2) is 51.9 Å². The minimum absolute atomic E-state index is 0.0124. The molecule has 2 unspecified atom stereocenters. The summed E-state index contributed by atoms with van der Waals surface area (Å²) in [4.78, 5) is 36.5. The van der Waals surface area contributed by atoms with Crippen molar-refractivity contribution in [2.75, 3.05) is 18.4 Å². The van der Waals surface area contributed by atoms with Gasteiger partial charge in [-0.25, -0.2) is 14.4 Å². The highest BCUT2D eigenvalue weighted by atomic mass is 32.1. The van der Waals surface area contributed by atoms with Gasteiger partial charge in [-0.3, -0.25) is 14.5 Å². The van der Waals surface area contributed by atoms with Crippen molar-refractivity contribution in [3.05, 3.63) is 41.4 Å². The fourth-order valence-corrected chi connectivity index (χ4v) is 5.39. The Kier molecular flexibility index (Phi) is 6.35. The molecule has 1 aliphatic carbocycles. The molecular formula is C24H28FN5O3S. The molecule has 34 heavy (non-hydrogen) atoms. The van der Waals surface area contributed by atoms with Crippen molar-refractivity contribution in [1.29, 1.82) is 0 Å². The lowest BCUT2D eigenvalue weighted by Gasteiger charge is -2.34. The molecule has 5 rings (SSSR count). The lowest BCUT2D eigenvalue weighted by atomic mass is 9.93. The van der Waals surface area contributed by atoms with E-state index in [2.05, 4.69) is 25.5 Å². The zero-order valence-corrected chi connectivity index (χ0v) is 20.1. The van der Waals surface area contributed by atoms with Crippen LogP contribution >= 0.6 is 11.3 Å². The Morgan fingerprint density at radius 3 is 2.82 bits per heavy atom. The van der Waals surface area contributed by atoms with Crippen LogP contribution < -0.4 is 10.6 Å². The molecule has 3 heterocycles. The van der Waals surface area contributed by atoms with E-state index in [1.165, 1.54) is 23.5 Å². The van der Waals surface area contributed by atoms with Crippen LogP contribution in [0.4, 0.5) is 9.52 Å². The van der Waals surface area contributed by atoms with E-state index in [4.69, 9.17) is 4.42 Å². The van der Waals surface area contributed by atoms with Gasteiger partial charge in [0.1, 0.15) is 5.82 Å². The predicted octanol–water partition coefficient (Wildman–Crippen LogP) is 4.22. The second-order valence-corrected chi connectivity index (χ2v) is 10.2. The van der Waals surface area contributed by atoms with E-state index in [-0.39, 0.29) is 41.4 Å². The summed E-state index contributed by atoms with van der Waals surface area (Å²) < 4.78 is 20.1. The fourth-order valence-electron chi connectivity index (χ4n) is 4.49. The number of rotatable bonds is 6. The van der Waals surface area contributed by atoms with Crippen LogP contribution in [0.25, 0.3) is 10.2 Å². The maximum absolute atomic E-state index is 13.5. The maximum atomic E-state index is 13.5. The summed E-state index contributed by atoms with van der Waals surface area (Å²) in [5, 5.41) is 6.33. The first-order valence-corrected chi connectivity index (χ1v) is 12.6. The van der Waals surface area contributed by atoms with Crippen molar-refractivity contribution < 1.29 is 18.4 Å². The number of aryl methyl sites for hydroxylation is 1. The highest BCUT2D eigenvalue weighted by Crippen LogP contribution is 2.30. The first-order chi connectivity index (χ1) is 16.4. The Labute approximate surface area is 200 Å². The minimum atomic E-state index is -0.385. The van der Waals surface area contributed by atoms with Crippen LogP contribution in [0.3, 0.4) is 0 Å². The predicted molar refractivity (Wildman–Crippen MR) is 128 cm³/mol. The van der Waals surface area contributed by atoms with Gasteiger partial charge in [0, 0.05) is 18.5 Å². The van der Waals surface area contributed by atoms with Crippen molar-refractivity contribution >= 4 is 38.5 Å². The van der Waals surface area contributed by atoms with Gasteiger partial charge in [0.05, 0.1) is 22.0 Å². The standard InChI is InChI=1S/C24H28FN5O3S/c1-13-20(22(32)27-17-6-3-7-17)33-23(26-13)15-5-4-10-30(12-15)14(2)21(31)29-24-28-18-9-8-16(25)11-19(18)34-24/h8-9,11,14-15,17H,3-7,10,12H2,1-2H3,(H,27,32)(H,28,29,31). The molecular weight excluding hydrogens is 457 g/mol. The van der Waals surface area contributed by atoms with Gasteiger partial charge >= 0.3 is 0 Å². The third-order valence-electron chi connectivity index (χ3n) is 6.77. The number of nitrogens with one attached hydrogen (secondary N) is 2. The number of nitrogens with zero attached hydrogens (tertiary/aromatic N) is 3. The van der Waals surface area contributed by atoms with Gasteiger partial charge in [0.2, 0.25) is 11.7 Å². The molecule has 0 bridgehead atoms. The van der Waals surface area contributed by atoms with E-state index in [0.717, 1.165) is 38.6 Å². The van der Waals surface area contributed by atoms with Gasteiger partial charge in [-0.05, 0) is 70.7 Å². The summed E-state index contributed by atoms with van der Waals surface area (Å²) in [5.41, 5.74) is 1.26. The van der Waals surface area contributed by atoms with Crippen LogP contribution in [0, 0.1) is 12.7 Å². The third kappa shape index (κ3) is 4.69. The minimum Gasteiger partial charge on any atom is -0.435 e.